The lowest BCUT2D eigenvalue weighted by Gasteiger charge is -2.36. The van der Waals surface area contributed by atoms with Gasteiger partial charge in [0.2, 0.25) is 0 Å². The van der Waals surface area contributed by atoms with E-state index in [9.17, 15) is 29.3 Å². The maximum Gasteiger partial charge on any atom is 0.273 e. The van der Waals surface area contributed by atoms with Crippen molar-refractivity contribution in [2.24, 2.45) is 23.7 Å². The second-order valence-electron chi connectivity index (χ2n) is 9.69. The van der Waals surface area contributed by atoms with Crippen LogP contribution in [0, 0.1) is 33.8 Å². The highest BCUT2D eigenvalue weighted by Gasteiger charge is 2.63. The predicted octanol–water partition coefficient (Wildman–Crippen LogP) is 4.52. The van der Waals surface area contributed by atoms with Crippen molar-refractivity contribution < 1.29 is 24.1 Å². The first kappa shape index (κ1) is 25.4. The molecule has 9 nitrogen and oxygen atoms in total. The molecule has 37 heavy (non-hydrogen) atoms. The van der Waals surface area contributed by atoms with E-state index >= 15 is 0 Å². The van der Waals surface area contributed by atoms with E-state index in [1.54, 1.807) is 0 Å². The third kappa shape index (κ3) is 4.30. The van der Waals surface area contributed by atoms with Gasteiger partial charge in [0.1, 0.15) is 6.04 Å². The fourth-order valence-electron chi connectivity index (χ4n) is 6.11. The molecule has 0 aromatic heterocycles. The number of fused-ring (bicyclic) bond motifs is 5. The van der Waals surface area contributed by atoms with Gasteiger partial charge >= 0.3 is 0 Å². The first-order valence-electron chi connectivity index (χ1n) is 12.0. The Hall–Kier alpha value is -3.30. The summed E-state index contributed by atoms with van der Waals surface area (Å²) in [5.74, 6) is -3.17. The first-order valence-corrected chi connectivity index (χ1v) is 13.0. The number of benzene rings is 2. The molecule has 2 aliphatic carbocycles. The fourth-order valence-corrected chi connectivity index (χ4v) is 6.44. The minimum atomic E-state index is -1.26. The molecule has 3 aliphatic rings. The van der Waals surface area contributed by atoms with Gasteiger partial charge in [0.05, 0.1) is 16.8 Å². The number of hydrogen-bond donors (Lipinski definition) is 0. The van der Waals surface area contributed by atoms with Crippen molar-refractivity contribution in [1.82, 2.24) is 10.0 Å². The molecule has 0 radical (unpaired) electrons. The van der Waals surface area contributed by atoms with Gasteiger partial charge in [-0.1, -0.05) is 11.6 Å². The third-order valence-electron chi connectivity index (χ3n) is 7.76. The normalized spacial score (nSPS) is 24.8. The van der Waals surface area contributed by atoms with E-state index < -0.39 is 46.3 Å². The number of imide groups is 1. The molecule has 2 aromatic rings. The molecule has 0 spiro atoms. The second-order valence-corrected chi connectivity index (χ2v) is 10.5. The zero-order valence-electron chi connectivity index (χ0n) is 19.6. The number of amides is 3. The zero-order valence-corrected chi connectivity index (χ0v) is 21.1. The summed E-state index contributed by atoms with van der Waals surface area (Å²) in [7, 11) is 0. The number of hydrazine groups is 1. The number of carbonyl (C=O) groups excluding carboxylic acids is 4. The number of halogens is 2. The van der Waals surface area contributed by atoms with Gasteiger partial charge in [-0.05, 0) is 73.9 Å². The minimum absolute atomic E-state index is 0.00490. The Morgan fingerprint density at radius 3 is 2.03 bits per heavy atom. The number of hydrogen-bond acceptors (Lipinski definition) is 6. The number of Topliss-reactive ketones (excluding diaryl/α,β-unsaturated/α-hetero) is 1. The van der Waals surface area contributed by atoms with E-state index in [2.05, 4.69) is 0 Å². The molecule has 5 atom stereocenters. The molecule has 11 heteroatoms. The van der Waals surface area contributed by atoms with Crippen LogP contribution < -0.4 is 0 Å². The first-order chi connectivity index (χ1) is 17.7. The molecule has 0 N–H and O–H groups in total. The summed E-state index contributed by atoms with van der Waals surface area (Å²) in [4.78, 5) is 65.5. The Morgan fingerprint density at radius 2 is 1.51 bits per heavy atom. The summed E-state index contributed by atoms with van der Waals surface area (Å²) in [6.45, 7) is 0. The van der Waals surface area contributed by atoms with E-state index in [0.29, 0.717) is 5.02 Å². The number of carbonyl (C=O) groups is 4. The predicted molar refractivity (Wildman–Crippen MR) is 134 cm³/mol. The van der Waals surface area contributed by atoms with Gasteiger partial charge in [0.15, 0.2) is 5.78 Å². The van der Waals surface area contributed by atoms with Crippen LogP contribution in [0.1, 0.15) is 46.4 Å². The second kappa shape index (κ2) is 9.87. The van der Waals surface area contributed by atoms with Crippen molar-refractivity contribution >= 4 is 52.4 Å². The maximum absolute atomic E-state index is 13.9. The van der Waals surface area contributed by atoms with Crippen molar-refractivity contribution in [2.45, 2.75) is 31.7 Å². The number of rotatable bonds is 8. The smallest absolute Gasteiger partial charge is 0.273 e. The summed E-state index contributed by atoms with van der Waals surface area (Å²) in [5.41, 5.74) is 0.00664. The third-order valence-corrected chi connectivity index (χ3v) is 8.23. The number of alkyl halides is 1. The standard InChI is InChI=1S/C26H23Cl2N3O6/c27-12-11-20(23(32)14-3-7-18(28)8-4-14)29(24(33)15-5-9-19(10-6-15)31(36)37)30-25(34)21-16-1-2-17(13-16)22(21)26(30)35/h3-10,16-17,20-22H,1-2,11-13H2/t16-,17-,20-,21-,22+/m0/s1. The summed E-state index contributed by atoms with van der Waals surface area (Å²) in [6, 6.07) is 9.61. The van der Waals surface area contributed by atoms with Crippen molar-refractivity contribution in [3.05, 3.63) is 74.8 Å². The highest BCUT2D eigenvalue weighted by Crippen LogP contribution is 2.56. The molecule has 2 saturated carbocycles. The van der Waals surface area contributed by atoms with Gasteiger partial charge in [0, 0.05) is 34.2 Å². The van der Waals surface area contributed by atoms with Gasteiger partial charge in [-0.25, -0.2) is 5.01 Å². The van der Waals surface area contributed by atoms with E-state index in [1.165, 1.54) is 36.4 Å². The van der Waals surface area contributed by atoms with Gasteiger partial charge < -0.3 is 0 Å². The van der Waals surface area contributed by atoms with Crippen LogP contribution in [0.3, 0.4) is 0 Å². The molecule has 3 fully saturated rings. The summed E-state index contributed by atoms with van der Waals surface area (Å²) < 4.78 is 0. The average Bonchev–Trinajstić information content (AvgIpc) is 3.58. The number of nitrogens with zero attached hydrogens (tertiary/aromatic N) is 3. The highest BCUT2D eigenvalue weighted by molar-refractivity contribution is 6.30. The molecule has 1 saturated heterocycles. The quantitative estimate of drug-likeness (QED) is 0.159. The van der Waals surface area contributed by atoms with Crippen LogP contribution in [-0.2, 0) is 9.59 Å². The number of ketones is 1. The van der Waals surface area contributed by atoms with Crippen LogP contribution in [0.25, 0.3) is 0 Å². The lowest BCUT2D eigenvalue weighted by molar-refractivity contribution is -0.384. The zero-order chi connectivity index (χ0) is 26.4. The topological polar surface area (TPSA) is 118 Å². The molecule has 192 valence electrons. The molecule has 2 bridgehead atoms. The average molecular weight is 544 g/mol. The molecule has 1 aliphatic heterocycles. The minimum Gasteiger partial charge on any atom is -0.292 e. The number of nitro benzene ring substituents is 1. The Labute approximate surface area is 222 Å². The molecule has 3 amide bonds. The Bertz CT molecular complexity index is 1250. The van der Waals surface area contributed by atoms with Crippen molar-refractivity contribution in [1.29, 1.82) is 0 Å². The van der Waals surface area contributed by atoms with Gasteiger partial charge in [0.25, 0.3) is 23.4 Å². The molecule has 5 rings (SSSR count). The van der Waals surface area contributed by atoms with Crippen molar-refractivity contribution in [3.8, 4) is 0 Å². The van der Waals surface area contributed by atoms with Crippen molar-refractivity contribution in [2.75, 3.05) is 5.88 Å². The summed E-state index contributed by atoms with van der Waals surface area (Å²) in [6.07, 6.45) is 2.49. The van der Waals surface area contributed by atoms with E-state index in [-0.39, 0.29) is 41.0 Å². The Morgan fingerprint density at radius 1 is 0.973 bits per heavy atom. The largest absolute Gasteiger partial charge is 0.292 e. The molecular weight excluding hydrogens is 521 g/mol. The Balaban J connectivity index is 1.58. The van der Waals surface area contributed by atoms with Crippen LogP contribution in [0.4, 0.5) is 5.69 Å². The van der Waals surface area contributed by atoms with Gasteiger partial charge in [-0.3, -0.25) is 29.3 Å². The van der Waals surface area contributed by atoms with Crippen LogP contribution in [-0.4, -0.2) is 50.4 Å². The van der Waals surface area contributed by atoms with Crippen molar-refractivity contribution in [3.63, 3.8) is 0 Å². The summed E-state index contributed by atoms with van der Waals surface area (Å²) in [5, 5.41) is 13.3. The fraction of sp³-hybridized carbons (Fsp3) is 0.385. The number of non-ortho nitro benzene ring substituents is 1. The number of nitro groups is 1. The summed E-state index contributed by atoms with van der Waals surface area (Å²) >= 11 is 12.0. The van der Waals surface area contributed by atoms with Crippen LogP contribution in [0.15, 0.2) is 48.5 Å². The Kier molecular flexibility index (Phi) is 6.76. The van der Waals surface area contributed by atoms with Crippen LogP contribution >= 0.6 is 23.2 Å². The van der Waals surface area contributed by atoms with E-state index in [4.69, 9.17) is 23.2 Å². The van der Waals surface area contributed by atoms with Gasteiger partial charge in [-0.2, -0.15) is 5.01 Å². The highest BCUT2D eigenvalue weighted by atomic mass is 35.5. The molecule has 0 unspecified atom stereocenters. The monoisotopic (exact) mass is 543 g/mol. The van der Waals surface area contributed by atoms with Crippen LogP contribution in [0.2, 0.25) is 5.02 Å². The SMILES string of the molecule is O=C(c1ccc(Cl)cc1)[C@H](CCCl)N(C(=O)c1ccc([N+](=O)[O-])cc1)N1C(=O)[C@@H]2[C@H]3CC[C@@H](C3)[C@@H]2C1=O. The van der Waals surface area contributed by atoms with Crippen LogP contribution in [0.5, 0.6) is 0 Å². The lowest BCUT2D eigenvalue weighted by atomic mass is 9.81. The maximum atomic E-state index is 13.9. The van der Waals surface area contributed by atoms with E-state index in [0.717, 1.165) is 41.4 Å². The molecule has 2 aromatic carbocycles. The lowest BCUT2D eigenvalue weighted by Crippen LogP contribution is -2.58. The molecule has 1 heterocycles. The van der Waals surface area contributed by atoms with Gasteiger partial charge in [-0.15, -0.1) is 11.6 Å². The molecular formula is C26H23Cl2N3O6. The van der Waals surface area contributed by atoms with E-state index in [1.807, 2.05) is 0 Å².